The van der Waals surface area contributed by atoms with Gasteiger partial charge < -0.3 is 10.3 Å². The Labute approximate surface area is 102 Å². The first-order chi connectivity index (χ1) is 8.19. The molecule has 94 valence electrons. The summed E-state index contributed by atoms with van der Waals surface area (Å²) in [5, 5.41) is 4.10. The zero-order chi connectivity index (χ0) is 11.9. The minimum Gasteiger partial charge on any atom is -0.338 e. The number of aromatic nitrogens is 2. The summed E-state index contributed by atoms with van der Waals surface area (Å²) in [6.45, 7) is 2.19. The van der Waals surface area contributed by atoms with E-state index in [1.54, 1.807) is 0 Å². The lowest BCUT2D eigenvalue weighted by atomic mass is 9.84. The van der Waals surface area contributed by atoms with E-state index in [-0.39, 0.29) is 11.5 Å². The van der Waals surface area contributed by atoms with Crippen molar-refractivity contribution in [2.75, 3.05) is 0 Å². The minimum absolute atomic E-state index is 0.0566. The summed E-state index contributed by atoms with van der Waals surface area (Å²) >= 11 is 0. The molecule has 0 spiro atoms. The van der Waals surface area contributed by atoms with Crippen LogP contribution in [-0.4, -0.2) is 10.1 Å². The molecule has 17 heavy (non-hydrogen) atoms. The van der Waals surface area contributed by atoms with Crippen molar-refractivity contribution in [1.29, 1.82) is 0 Å². The SMILES string of the molecule is CC1(c2noc(C(N)C3CCCCC3)n2)CC1. The molecule has 1 unspecified atom stereocenters. The van der Waals surface area contributed by atoms with Gasteiger partial charge in [-0.25, -0.2) is 0 Å². The molecule has 2 fully saturated rings. The molecular weight excluding hydrogens is 214 g/mol. The van der Waals surface area contributed by atoms with Gasteiger partial charge in [-0.3, -0.25) is 0 Å². The minimum atomic E-state index is -0.0566. The van der Waals surface area contributed by atoms with E-state index in [1.165, 1.54) is 44.9 Å². The molecule has 1 atom stereocenters. The summed E-state index contributed by atoms with van der Waals surface area (Å²) in [4.78, 5) is 4.52. The van der Waals surface area contributed by atoms with Crippen molar-refractivity contribution in [3.63, 3.8) is 0 Å². The zero-order valence-electron chi connectivity index (χ0n) is 10.5. The van der Waals surface area contributed by atoms with Crippen LogP contribution in [0, 0.1) is 5.92 Å². The molecule has 4 nitrogen and oxygen atoms in total. The summed E-state index contributed by atoms with van der Waals surface area (Å²) in [7, 11) is 0. The van der Waals surface area contributed by atoms with E-state index in [9.17, 15) is 0 Å². The molecule has 2 aliphatic rings. The largest absolute Gasteiger partial charge is 0.338 e. The van der Waals surface area contributed by atoms with E-state index in [0.29, 0.717) is 11.8 Å². The first-order valence-corrected chi connectivity index (χ1v) is 6.79. The van der Waals surface area contributed by atoms with Gasteiger partial charge >= 0.3 is 0 Å². The van der Waals surface area contributed by atoms with Crippen LogP contribution in [0.25, 0.3) is 0 Å². The average molecular weight is 235 g/mol. The van der Waals surface area contributed by atoms with Crippen LogP contribution < -0.4 is 5.73 Å². The molecule has 0 bridgehead atoms. The molecule has 0 aromatic carbocycles. The molecule has 0 radical (unpaired) electrons. The van der Waals surface area contributed by atoms with E-state index in [4.69, 9.17) is 10.3 Å². The van der Waals surface area contributed by atoms with Gasteiger partial charge in [-0.1, -0.05) is 31.3 Å². The van der Waals surface area contributed by atoms with E-state index in [0.717, 1.165) is 5.82 Å². The highest BCUT2D eigenvalue weighted by Crippen LogP contribution is 2.46. The van der Waals surface area contributed by atoms with E-state index in [2.05, 4.69) is 17.1 Å². The Morgan fingerprint density at radius 1 is 1.29 bits per heavy atom. The third kappa shape index (κ3) is 2.10. The van der Waals surface area contributed by atoms with E-state index in [1.807, 2.05) is 0 Å². The number of hydrogen-bond donors (Lipinski definition) is 1. The maximum atomic E-state index is 6.25. The van der Waals surface area contributed by atoms with Gasteiger partial charge in [-0.2, -0.15) is 4.98 Å². The lowest BCUT2D eigenvalue weighted by Gasteiger charge is -2.24. The van der Waals surface area contributed by atoms with Crippen molar-refractivity contribution in [3.8, 4) is 0 Å². The Morgan fingerprint density at radius 3 is 2.65 bits per heavy atom. The quantitative estimate of drug-likeness (QED) is 0.874. The lowest BCUT2D eigenvalue weighted by Crippen LogP contribution is -2.24. The van der Waals surface area contributed by atoms with Gasteiger partial charge in [0.15, 0.2) is 5.82 Å². The van der Waals surface area contributed by atoms with E-state index < -0.39 is 0 Å². The standard InChI is InChI=1S/C13H21N3O/c1-13(7-8-13)12-15-11(17-16-12)10(14)9-5-3-2-4-6-9/h9-10H,2-8,14H2,1H3. The van der Waals surface area contributed by atoms with Crippen molar-refractivity contribution in [3.05, 3.63) is 11.7 Å². The average Bonchev–Trinajstić information content (AvgIpc) is 2.94. The molecule has 2 N–H and O–H groups in total. The van der Waals surface area contributed by atoms with Crippen molar-refractivity contribution >= 4 is 0 Å². The second-order valence-corrected chi connectivity index (χ2v) is 5.94. The van der Waals surface area contributed by atoms with Gasteiger partial charge in [0.05, 0.1) is 6.04 Å². The normalized spacial score (nSPS) is 25.8. The lowest BCUT2D eigenvalue weighted by molar-refractivity contribution is 0.255. The van der Waals surface area contributed by atoms with Crippen LogP contribution >= 0.6 is 0 Å². The molecule has 1 aromatic heterocycles. The second kappa shape index (κ2) is 4.09. The Hall–Kier alpha value is -0.900. The molecule has 0 saturated heterocycles. The Balaban J connectivity index is 1.72. The second-order valence-electron chi connectivity index (χ2n) is 5.94. The summed E-state index contributed by atoms with van der Waals surface area (Å²) in [5.41, 5.74) is 6.43. The Kier molecular flexibility index (Phi) is 2.69. The van der Waals surface area contributed by atoms with Gasteiger partial charge in [0.2, 0.25) is 5.89 Å². The van der Waals surface area contributed by atoms with Gasteiger partial charge in [0.25, 0.3) is 0 Å². The van der Waals surface area contributed by atoms with Gasteiger partial charge in [-0.15, -0.1) is 0 Å². The van der Waals surface area contributed by atoms with Crippen LogP contribution in [0.5, 0.6) is 0 Å². The topological polar surface area (TPSA) is 64.9 Å². The third-order valence-electron chi connectivity index (χ3n) is 4.42. The fourth-order valence-corrected chi connectivity index (χ4v) is 2.72. The maximum Gasteiger partial charge on any atom is 0.243 e. The number of nitrogens with zero attached hydrogens (tertiary/aromatic N) is 2. The Bertz CT molecular complexity index is 391. The monoisotopic (exact) mass is 235 g/mol. The highest BCUT2D eigenvalue weighted by molar-refractivity contribution is 5.15. The molecule has 2 aliphatic carbocycles. The highest BCUT2D eigenvalue weighted by atomic mass is 16.5. The predicted octanol–water partition coefficient (Wildman–Crippen LogP) is 2.70. The van der Waals surface area contributed by atoms with Gasteiger partial charge in [0, 0.05) is 5.41 Å². The predicted molar refractivity (Wildman–Crippen MR) is 64.4 cm³/mol. The summed E-state index contributed by atoms with van der Waals surface area (Å²) < 4.78 is 5.36. The molecule has 3 rings (SSSR count). The highest BCUT2D eigenvalue weighted by Gasteiger charge is 2.44. The van der Waals surface area contributed by atoms with Crippen LogP contribution in [-0.2, 0) is 5.41 Å². The molecule has 0 aliphatic heterocycles. The smallest absolute Gasteiger partial charge is 0.243 e. The fraction of sp³-hybridized carbons (Fsp3) is 0.846. The summed E-state index contributed by atoms with van der Waals surface area (Å²) in [6.07, 6.45) is 8.67. The van der Waals surface area contributed by atoms with Crippen LogP contribution in [0.15, 0.2) is 4.52 Å². The molecule has 0 amide bonds. The van der Waals surface area contributed by atoms with Crippen molar-refractivity contribution < 1.29 is 4.52 Å². The molecule has 1 aromatic rings. The maximum absolute atomic E-state index is 6.25. The van der Waals surface area contributed by atoms with Crippen molar-refractivity contribution in [2.45, 2.75) is 63.3 Å². The fourth-order valence-electron chi connectivity index (χ4n) is 2.72. The first-order valence-electron chi connectivity index (χ1n) is 6.79. The zero-order valence-corrected chi connectivity index (χ0v) is 10.5. The molecule has 2 saturated carbocycles. The molecule has 1 heterocycles. The van der Waals surface area contributed by atoms with Crippen LogP contribution in [0.4, 0.5) is 0 Å². The van der Waals surface area contributed by atoms with Gasteiger partial charge in [0.1, 0.15) is 0 Å². The number of rotatable bonds is 3. The first kappa shape index (κ1) is 11.2. The molecular formula is C13H21N3O. The van der Waals surface area contributed by atoms with Gasteiger partial charge in [-0.05, 0) is 31.6 Å². The summed E-state index contributed by atoms with van der Waals surface area (Å²) in [5.74, 6) is 2.04. The number of nitrogens with two attached hydrogens (primary N) is 1. The van der Waals surface area contributed by atoms with Crippen LogP contribution in [0.2, 0.25) is 0 Å². The van der Waals surface area contributed by atoms with Crippen LogP contribution in [0.3, 0.4) is 0 Å². The van der Waals surface area contributed by atoms with Crippen LogP contribution in [0.1, 0.15) is 69.6 Å². The van der Waals surface area contributed by atoms with Crippen molar-refractivity contribution in [2.24, 2.45) is 11.7 Å². The van der Waals surface area contributed by atoms with E-state index >= 15 is 0 Å². The van der Waals surface area contributed by atoms with Crippen molar-refractivity contribution in [1.82, 2.24) is 10.1 Å². The summed E-state index contributed by atoms with van der Waals surface area (Å²) in [6, 6.07) is -0.0566. The third-order valence-corrected chi connectivity index (χ3v) is 4.42. The Morgan fingerprint density at radius 2 is 2.00 bits per heavy atom. The number of hydrogen-bond acceptors (Lipinski definition) is 4. The molecule has 4 heteroatoms.